The van der Waals surface area contributed by atoms with Gasteiger partial charge in [-0.25, -0.2) is 4.98 Å². The van der Waals surface area contributed by atoms with E-state index in [0.29, 0.717) is 23.6 Å². The topological polar surface area (TPSA) is 62.2 Å². The molecule has 0 saturated heterocycles. The number of nitrogens with zero attached hydrogens (tertiary/aromatic N) is 1. The molecule has 1 aromatic heterocycles. The Labute approximate surface area is 151 Å². The van der Waals surface area contributed by atoms with Crippen LogP contribution < -0.4 is 5.32 Å². The number of carbonyl (C=O) groups excluding carboxylic acids is 1. The Kier molecular flexibility index (Phi) is 5.68. The van der Waals surface area contributed by atoms with Gasteiger partial charge in [0.05, 0.1) is 11.7 Å². The van der Waals surface area contributed by atoms with E-state index in [1.807, 2.05) is 48.7 Å². The fraction of sp³-hybridized carbons (Fsp3) is 0.200. The number of carbonyl (C=O) groups is 1. The molecular weight excluding hydrogens is 332 g/mol. The average Bonchev–Trinajstić information content (AvgIpc) is 2.67. The minimum atomic E-state index is -0.625. The van der Waals surface area contributed by atoms with Crippen LogP contribution in [0.5, 0.6) is 0 Å². The summed E-state index contributed by atoms with van der Waals surface area (Å²) in [6.07, 6.45) is 3.39. The Morgan fingerprint density at radius 3 is 2.80 bits per heavy atom. The summed E-state index contributed by atoms with van der Waals surface area (Å²) >= 11 is 1.44. The first-order valence-electron chi connectivity index (χ1n) is 8.13. The van der Waals surface area contributed by atoms with Crippen LogP contribution in [0.2, 0.25) is 0 Å². The molecule has 3 aromatic rings. The molecule has 5 heteroatoms. The van der Waals surface area contributed by atoms with E-state index in [4.69, 9.17) is 0 Å². The van der Waals surface area contributed by atoms with Gasteiger partial charge in [0.15, 0.2) is 0 Å². The molecule has 128 valence electrons. The fourth-order valence-electron chi connectivity index (χ4n) is 2.84. The number of rotatable bonds is 6. The lowest BCUT2D eigenvalue weighted by Crippen LogP contribution is -2.26. The van der Waals surface area contributed by atoms with Gasteiger partial charge in [-0.3, -0.25) is 4.79 Å². The molecule has 1 heterocycles. The number of benzene rings is 2. The van der Waals surface area contributed by atoms with Crippen molar-refractivity contribution in [2.45, 2.75) is 17.6 Å². The fourth-order valence-corrected chi connectivity index (χ4v) is 3.39. The van der Waals surface area contributed by atoms with Crippen LogP contribution in [0, 0.1) is 0 Å². The second kappa shape index (κ2) is 8.14. The Morgan fingerprint density at radius 1 is 1.16 bits per heavy atom. The van der Waals surface area contributed by atoms with Crippen molar-refractivity contribution in [1.82, 2.24) is 10.3 Å². The number of aromatic nitrogens is 1. The van der Waals surface area contributed by atoms with Crippen molar-refractivity contribution in [3.05, 3.63) is 71.9 Å². The second-order valence-electron chi connectivity index (χ2n) is 5.69. The predicted octanol–water partition coefficient (Wildman–Crippen LogP) is 3.81. The van der Waals surface area contributed by atoms with Gasteiger partial charge in [-0.15, -0.1) is 11.8 Å². The number of amides is 1. The number of fused-ring (bicyclic) bond motifs is 1. The second-order valence-corrected chi connectivity index (χ2v) is 6.48. The largest absolute Gasteiger partial charge is 0.388 e. The third-order valence-corrected chi connectivity index (χ3v) is 4.81. The van der Waals surface area contributed by atoms with Crippen LogP contribution in [0.4, 0.5) is 0 Å². The van der Waals surface area contributed by atoms with Crippen LogP contribution in [0.1, 0.15) is 28.4 Å². The van der Waals surface area contributed by atoms with Gasteiger partial charge in [0.2, 0.25) is 0 Å². The zero-order valence-electron chi connectivity index (χ0n) is 14.0. The van der Waals surface area contributed by atoms with E-state index in [2.05, 4.69) is 10.3 Å². The molecule has 0 aliphatic heterocycles. The number of pyridine rings is 1. The molecule has 4 nitrogen and oxygen atoms in total. The summed E-state index contributed by atoms with van der Waals surface area (Å²) < 4.78 is 0. The number of aliphatic hydroxyl groups is 1. The highest BCUT2D eigenvalue weighted by molar-refractivity contribution is 7.98. The molecule has 0 aliphatic carbocycles. The van der Waals surface area contributed by atoms with Gasteiger partial charge in [0, 0.05) is 12.7 Å². The zero-order chi connectivity index (χ0) is 17.6. The summed E-state index contributed by atoms with van der Waals surface area (Å²) in [6.45, 7) is 0.395. The Bertz CT molecular complexity index is 877. The van der Waals surface area contributed by atoms with E-state index in [1.165, 1.54) is 11.8 Å². The maximum atomic E-state index is 12.3. The van der Waals surface area contributed by atoms with Crippen LogP contribution in [-0.4, -0.2) is 28.8 Å². The Hall–Kier alpha value is -2.37. The summed E-state index contributed by atoms with van der Waals surface area (Å²) in [7, 11) is 0. The highest BCUT2D eigenvalue weighted by atomic mass is 32.2. The molecule has 2 aromatic carbocycles. The molecule has 2 N–H and O–H groups in total. The summed E-state index contributed by atoms with van der Waals surface area (Å²) in [5.74, 6) is -0.164. The smallest absolute Gasteiger partial charge is 0.254 e. The van der Waals surface area contributed by atoms with Crippen LogP contribution >= 0.6 is 11.8 Å². The average molecular weight is 352 g/mol. The summed E-state index contributed by atoms with van der Waals surface area (Å²) in [5.41, 5.74) is 1.45. The standard InChI is InChI=1S/C20H20N2O2S/c1-25-20-17(10-5-12-22-20)19(24)21-13-11-18(23)16-9-4-7-14-6-2-3-8-15(14)16/h2-10,12,18,23H,11,13H2,1H3,(H,21,24). The predicted molar refractivity (Wildman–Crippen MR) is 102 cm³/mol. The van der Waals surface area contributed by atoms with Crippen molar-refractivity contribution in [3.8, 4) is 0 Å². The molecule has 3 rings (SSSR count). The SMILES string of the molecule is CSc1ncccc1C(=O)NCCC(O)c1cccc2ccccc12. The lowest BCUT2D eigenvalue weighted by atomic mass is 9.99. The first-order valence-corrected chi connectivity index (χ1v) is 9.36. The first kappa shape index (κ1) is 17.5. The molecule has 25 heavy (non-hydrogen) atoms. The molecule has 1 amide bonds. The summed E-state index contributed by atoms with van der Waals surface area (Å²) in [4.78, 5) is 16.5. The van der Waals surface area contributed by atoms with Crippen LogP contribution in [0.3, 0.4) is 0 Å². The minimum Gasteiger partial charge on any atom is -0.388 e. The third-order valence-electron chi connectivity index (χ3n) is 4.09. The monoisotopic (exact) mass is 352 g/mol. The van der Waals surface area contributed by atoms with E-state index in [0.717, 1.165) is 16.3 Å². The number of aliphatic hydroxyl groups excluding tert-OH is 1. The van der Waals surface area contributed by atoms with Crippen molar-refractivity contribution in [3.63, 3.8) is 0 Å². The quantitative estimate of drug-likeness (QED) is 0.662. The molecular formula is C20H20N2O2S. The minimum absolute atomic E-state index is 0.164. The molecule has 0 saturated carbocycles. The Balaban J connectivity index is 1.64. The summed E-state index contributed by atoms with van der Waals surface area (Å²) in [5, 5.41) is 16.3. The number of hydrogen-bond donors (Lipinski definition) is 2. The van der Waals surface area contributed by atoms with Gasteiger partial charge in [0.1, 0.15) is 5.03 Å². The van der Waals surface area contributed by atoms with E-state index in [9.17, 15) is 9.90 Å². The van der Waals surface area contributed by atoms with E-state index in [-0.39, 0.29) is 5.91 Å². The Morgan fingerprint density at radius 2 is 1.96 bits per heavy atom. The molecule has 1 unspecified atom stereocenters. The molecule has 0 aliphatic rings. The normalized spacial score (nSPS) is 12.1. The van der Waals surface area contributed by atoms with Gasteiger partial charge < -0.3 is 10.4 Å². The molecule has 1 atom stereocenters. The van der Waals surface area contributed by atoms with Crippen LogP contribution in [0.25, 0.3) is 10.8 Å². The van der Waals surface area contributed by atoms with Crippen LogP contribution in [-0.2, 0) is 0 Å². The van der Waals surface area contributed by atoms with Crippen molar-refractivity contribution in [2.24, 2.45) is 0 Å². The maximum Gasteiger partial charge on any atom is 0.254 e. The maximum absolute atomic E-state index is 12.3. The van der Waals surface area contributed by atoms with E-state index in [1.54, 1.807) is 18.3 Å². The number of hydrogen-bond acceptors (Lipinski definition) is 4. The van der Waals surface area contributed by atoms with Crippen molar-refractivity contribution in [2.75, 3.05) is 12.8 Å². The molecule has 0 radical (unpaired) electrons. The molecule has 0 spiro atoms. The highest BCUT2D eigenvalue weighted by Gasteiger charge is 2.14. The zero-order valence-corrected chi connectivity index (χ0v) is 14.8. The molecule has 0 fully saturated rings. The van der Waals surface area contributed by atoms with Gasteiger partial charge in [-0.2, -0.15) is 0 Å². The van der Waals surface area contributed by atoms with E-state index >= 15 is 0 Å². The number of thioether (sulfide) groups is 1. The highest BCUT2D eigenvalue weighted by Crippen LogP contribution is 2.26. The van der Waals surface area contributed by atoms with Crippen molar-refractivity contribution < 1.29 is 9.90 Å². The lowest BCUT2D eigenvalue weighted by molar-refractivity contribution is 0.0939. The lowest BCUT2D eigenvalue weighted by Gasteiger charge is -2.14. The van der Waals surface area contributed by atoms with Crippen molar-refractivity contribution in [1.29, 1.82) is 0 Å². The van der Waals surface area contributed by atoms with Gasteiger partial charge >= 0.3 is 0 Å². The summed E-state index contributed by atoms with van der Waals surface area (Å²) in [6, 6.07) is 17.4. The third kappa shape index (κ3) is 4.00. The first-order chi connectivity index (χ1) is 12.2. The van der Waals surface area contributed by atoms with Gasteiger partial charge in [0.25, 0.3) is 5.91 Å². The van der Waals surface area contributed by atoms with Gasteiger partial charge in [-0.05, 0) is 41.1 Å². The van der Waals surface area contributed by atoms with Crippen molar-refractivity contribution >= 4 is 28.4 Å². The number of nitrogens with one attached hydrogen (secondary N) is 1. The molecule has 0 bridgehead atoms. The van der Waals surface area contributed by atoms with Gasteiger partial charge in [-0.1, -0.05) is 42.5 Å². The van der Waals surface area contributed by atoms with Crippen LogP contribution in [0.15, 0.2) is 65.8 Å². The van der Waals surface area contributed by atoms with E-state index < -0.39 is 6.10 Å².